The van der Waals surface area contributed by atoms with Gasteiger partial charge in [-0.2, -0.15) is 8.78 Å². The van der Waals surface area contributed by atoms with E-state index in [0.29, 0.717) is 0 Å². The van der Waals surface area contributed by atoms with E-state index in [1.54, 1.807) is 19.1 Å². The first-order valence-corrected chi connectivity index (χ1v) is 10.7. The average Bonchev–Trinajstić information content (AvgIpc) is 2.69. The number of alkyl halides is 2. The van der Waals surface area contributed by atoms with Crippen molar-refractivity contribution in [2.75, 3.05) is 0 Å². The Hall–Kier alpha value is -1.74. The van der Waals surface area contributed by atoms with Gasteiger partial charge in [0.25, 0.3) is 0 Å². The highest BCUT2D eigenvalue weighted by Crippen LogP contribution is 2.35. The van der Waals surface area contributed by atoms with Crippen molar-refractivity contribution in [3.63, 3.8) is 0 Å². The van der Waals surface area contributed by atoms with Crippen LogP contribution in [0.1, 0.15) is 87.7 Å². The van der Waals surface area contributed by atoms with Crippen LogP contribution in [0.2, 0.25) is 0 Å². The van der Waals surface area contributed by atoms with Gasteiger partial charge in [-0.15, -0.1) is 0 Å². The van der Waals surface area contributed by atoms with E-state index in [-0.39, 0.29) is 5.56 Å². The maximum absolute atomic E-state index is 14.6. The highest BCUT2D eigenvalue weighted by molar-refractivity contribution is 5.26. The van der Waals surface area contributed by atoms with Gasteiger partial charge in [0.1, 0.15) is 0 Å². The fourth-order valence-electron chi connectivity index (χ4n) is 3.34. The number of aryl methyl sites for hydroxylation is 2. The highest BCUT2D eigenvalue weighted by atomic mass is 19.3. The number of benzene rings is 2. The molecular weight excluding hydrogens is 354 g/mol. The van der Waals surface area contributed by atoms with E-state index in [4.69, 9.17) is 4.74 Å². The van der Waals surface area contributed by atoms with Crippen LogP contribution in [0.25, 0.3) is 0 Å². The van der Waals surface area contributed by atoms with Gasteiger partial charge in [0, 0.05) is 0 Å². The third kappa shape index (κ3) is 7.01. The lowest BCUT2D eigenvalue weighted by Crippen LogP contribution is -2.20. The highest BCUT2D eigenvalue weighted by Gasteiger charge is 2.35. The molecular formula is C25H34F2O. The molecule has 0 radical (unpaired) electrons. The van der Waals surface area contributed by atoms with Crippen molar-refractivity contribution in [1.82, 2.24) is 0 Å². The van der Waals surface area contributed by atoms with Gasteiger partial charge >= 0.3 is 6.11 Å². The Morgan fingerprint density at radius 1 is 0.750 bits per heavy atom. The van der Waals surface area contributed by atoms with Crippen molar-refractivity contribution in [2.45, 2.75) is 84.4 Å². The molecule has 1 nitrogen and oxygen atoms in total. The molecule has 0 spiro atoms. The molecule has 0 saturated carbocycles. The SMILES string of the molecule is CCCCCc1ccc(C(C)OC(F)(F)c2ccc(CCCCC)cc2)cc1. The molecule has 0 aliphatic carbocycles. The zero-order valence-electron chi connectivity index (χ0n) is 17.5. The summed E-state index contributed by atoms with van der Waals surface area (Å²) in [5.41, 5.74) is 3.03. The summed E-state index contributed by atoms with van der Waals surface area (Å²) in [6, 6.07) is 14.4. The predicted molar refractivity (Wildman–Crippen MR) is 113 cm³/mol. The molecule has 0 bridgehead atoms. The molecule has 0 fully saturated rings. The van der Waals surface area contributed by atoms with Crippen molar-refractivity contribution in [2.24, 2.45) is 0 Å². The Labute approximate surface area is 169 Å². The van der Waals surface area contributed by atoms with Crippen LogP contribution in [-0.2, 0) is 23.7 Å². The molecule has 0 N–H and O–H groups in total. The lowest BCUT2D eigenvalue weighted by Gasteiger charge is -2.22. The summed E-state index contributed by atoms with van der Waals surface area (Å²) in [5.74, 6) is 0. The van der Waals surface area contributed by atoms with Gasteiger partial charge < -0.3 is 4.74 Å². The van der Waals surface area contributed by atoms with Crippen molar-refractivity contribution in [3.8, 4) is 0 Å². The van der Waals surface area contributed by atoms with E-state index in [0.717, 1.165) is 49.7 Å². The Morgan fingerprint density at radius 2 is 1.21 bits per heavy atom. The van der Waals surface area contributed by atoms with Gasteiger partial charge in [0.15, 0.2) is 0 Å². The minimum absolute atomic E-state index is 0.0882. The van der Waals surface area contributed by atoms with Crippen LogP contribution in [0.3, 0.4) is 0 Å². The first-order chi connectivity index (χ1) is 13.5. The summed E-state index contributed by atoms with van der Waals surface area (Å²) < 4.78 is 34.3. The fraction of sp³-hybridized carbons (Fsp3) is 0.520. The van der Waals surface area contributed by atoms with E-state index >= 15 is 0 Å². The van der Waals surface area contributed by atoms with E-state index in [1.165, 1.54) is 30.5 Å². The normalized spacial score (nSPS) is 12.9. The Balaban J connectivity index is 1.94. The van der Waals surface area contributed by atoms with Gasteiger partial charge in [0.05, 0.1) is 11.7 Å². The number of unbranched alkanes of at least 4 members (excludes halogenated alkanes) is 4. The molecule has 0 heterocycles. The van der Waals surface area contributed by atoms with Crippen LogP contribution < -0.4 is 0 Å². The molecule has 0 aliphatic heterocycles. The minimum Gasteiger partial charge on any atom is -0.309 e. The molecule has 2 aromatic carbocycles. The van der Waals surface area contributed by atoms with Crippen molar-refractivity contribution >= 4 is 0 Å². The molecule has 1 atom stereocenters. The summed E-state index contributed by atoms with van der Waals surface area (Å²) in [4.78, 5) is 0. The van der Waals surface area contributed by atoms with Crippen molar-refractivity contribution in [1.29, 1.82) is 0 Å². The number of rotatable bonds is 12. The molecule has 28 heavy (non-hydrogen) atoms. The third-order valence-electron chi connectivity index (χ3n) is 5.20. The van der Waals surface area contributed by atoms with Gasteiger partial charge in [-0.05, 0) is 49.3 Å². The zero-order chi connectivity index (χ0) is 20.4. The van der Waals surface area contributed by atoms with E-state index in [1.807, 2.05) is 24.3 Å². The lowest BCUT2D eigenvalue weighted by molar-refractivity contribution is -0.272. The van der Waals surface area contributed by atoms with Gasteiger partial charge in [0.2, 0.25) is 0 Å². The monoisotopic (exact) mass is 388 g/mol. The summed E-state index contributed by atoms with van der Waals surface area (Å²) in [6.45, 7) is 6.02. The molecule has 0 saturated heterocycles. The molecule has 154 valence electrons. The number of hydrogen-bond acceptors (Lipinski definition) is 1. The second-order valence-electron chi connectivity index (χ2n) is 7.63. The lowest BCUT2D eigenvalue weighted by atomic mass is 10.0. The van der Waals surface area contributed by atoms with Crippen LogP contribution in [0.15, 0.2) is 48.5 Å². The average molecular weight is 389 g/mol. The molecule has 3 heteroatoms. The first-order valence-electron chi connectivity index (χ1n) is 10.7. The molecule has 0 amide bonds. The summed E-state index contributed by atoms with van der Waals surface area (Å²) in [5, 5.41) is 0. The zero-order valence-corrected chi connectivity index (χ0v) is 17.5. The van der Waals surface area contributed by atoms with Gasteiger partial charge in [-0.25, -0.2) is 0 Å². The quantitative estimate of drug-likeness (QED) is 0.335. The number of ether oxygens (including phenoxy) is 1. The molecule has 0 aromatic heterocycles. The third-order valence-corrected chi connectivity index (χ3v) is 5.20. The van der Waals surface area contributed by atoms with Gasteiger partial charge in [-0.3, -0.25) is 0 Å². The van der Waals surface area contributed by atoms with Crippen LogP contribution in [0, 0.1) is 0 Å². The predicted octanol–water partition coefficient (Wildman–Crippen LogP) is 7.98. The second-order valence-corrected chi connectivity index (χ2v) is 7.63. The second kappa shape index (κ2) is 11.3. The van der Waals surface area contributed by atoms with E-state index in [9.17, 15) is 8.78 Å². The largest absolute Gasteiger partial charge is 0.383 e. The maximum Gasteiger partial charge on any atom is 0.383 e. The fourth-order valence-corrected chi connectivity index (χ4v) is 3.34. The molecule has 1 unspecified atom stereocenters. The van der Waals surface area contributed by atoms with Crippen LogP contribution in [0.5, 0.6) is 0 Å². The van der Waals surface area contributed by atoms with Crippen LogP contribution in [-0.4, -0.2) is 0 Å². The molecule has 0 aliphatic rings. The number of hydrogen-bond donors (Lipinski definition) is 0. The Bertz CT molecular complexity index is 677. The first kappa shape index (κ1) is 22.5. The number of halogens is 2. The Kier molecular flexibility index (Phi) is 9.11. The van der Waals surface area contributed by atoms with Crippen molar-refractivity contribution in [3.05, 3.63) is 70.8 Å². The molecule has 2 rings (SSSR count). The summed E-state index contributed by atoms with van der Waals surface area (Å²) in [6.07, 6.45) is 4.96. The van der Waals surface area contributed by atoms with Crippen molar-refractivity contribution < 1.29 is 13.5 Å². The standard InChI is InChI=1S/C25H34F2O/c1-4-6-8-10-21-12-16-23(17-13-21)20(3)28-25(26,27)24-18-14-22(15-19-24)11-9-7-5-2/h12-20H,4-11H2,1-3H3. The summed E-state index contributed by atoms with van der Waals surface area (Å²) >= 11 is 0. The summed E-state index contributed by atoms with van der Waals surface area (Å²) in [7, 11) is 0. The Morgan fingerprint density at radius 3 is 1.68 bits per heavy atom. The van der Waals surface area contributed by atoms with Gasteiger partial charge in [-0.1, -0.05) is 88.1 Å². The smallest absolute Gasteiger partial charge is 0.309 e. The maximum atomic E-state index is 14.6. The minimum atomic E-state index is -3.30. The topological polar surface area (TPSA) is 9.23 Å². The molecule has 2 aromatic rings. The van der Waals surface area contributed by atoms with Crippen LogP contribution in [0.4, 0.5) is 8.78 Å². The van der Waals surface area contributed by atoms with E-state index in [2.05, 4.69) is 13.8 Å². The van der Waals surface area contributed by atoms with E-state index < -0.39 is 12.2 Å². The van der Waals surface area contributed by atoms with Crippen LogP contribution >= 0.6 is 0 Å².